The van der Waals surface area contributed by atoms with Crippen LogP contribution < -0.4 is 0 Å². The monoisotopic (exact) mass is 1180 g/mol. The lowest BCUT2D eigenvalue weighted by atomic mass is 9.79. The van der Waals surface area contributed by atoms with Gasteiger partial charge in [-0.3, -0.25) is 0 Å². The highest BCUT2D eigenvalue weighted by atomic mass is 19.4. The van der Waals surface area contributed by atoms with Crippen molar-refractivity contribution in [3.63, 3.8) is 0 Å². The van der Waals surface area contributed by atoms with Gasteiger partial charge in [-0.15, -0.1) is 0 Å². The normalized spacial score (nSPS) is 12.9. The van der Waals surface area contributed by atoms with Gasteiger partial charge in [0.25, 0.3) is 0 Å². The van der Waals surface area contributed by atoms with Crippen molar-refractivity contribution in [3.05, 3.63) is 221 Å². The summed E-state index contributed by atoms with van der Waals surface area (Å²) in [5.74, 6) is 1.11. The van der Waals surface area contributed by atoms with Crippen molar-refractivity contribution in [3.8, 4) is 73.9 Å². The largest absolute Gasteiger partial charge is 0.416 e. The number of hydrogen-bond donors (Lipinski definition) is 0. The molecule has 0 unspecified atom stereocenters. The first-order chi connectivity index (χ1) is 41.3. The molecule has 9 aromatic carbocycles. The second-order valence-electron chi connectivity index (χ2n) is 27.2. The molecule has 0 amide bonds. The quantitative estimate of drug-likeness (QED) is 0.149. The summed E-state index contributed by atoms with van der Waals surface area (Å²) >= 11 is 0. The molecule has 0 radical (unpaired) electrons. The molecule has 0 saturated carbocycles. The van der Waals surface area contributed by atoms with Gasteiger partial charge < -0.3 is 9.13 Å². The Morgan fingerprint density at radius 2 is 0.682 bits per heavy atom. The molecule has 12 rings (SSSR count). The molecule has 0 saturated heterocycles. The number of hydrogen-bond acceptors (Lipinski definition) is 4. The molecule has 0 fully saturated rings. The summed E-state index contributed by atoms with van der Waals surface area (Å²) in [6, 6.07) is 57.0. The summed E-state index contributed by atoms with van der Waals surface area (Å²) < 4.78 is 91.7. The Kier molecular flexibility index (Phi) is 14.0. The average Bonchev–Trinajstić information content (AvgIpc) is 1.56. The van der Waals surface area contributed by atoms with Gasteiger partial charge >= 0.3 is 12.4 Å². The molecule has 442 valence electrons. The van der Waals surface area contributed by atoms with E-state index in [-0.39, 0.29) is 27.5 Å². The first-order valence-corrected chi connectivity index (χ1v) is 29.4. The summed E-state index contributed by atoms with van der Waals surface area (Å²) in [5, 5.41) is 11.9. The van der Waals surface area contributed by atoms with Gasteiger partial charge in [-0.1, -0.05) is 156 Å². The molecule has 0 bridgehead atoms. The molecule has 0 N–H and O–H groups in total. The predicted molar refractivity (Wildman–Crippen MR) is 345 cm³/mol. The number of benzene rings is 9. The summed E-state index contributed by atoms with van der Waals surface area (Å²) in [6.07, 6.45) is -9.21. The van der Waals surface area contributed by atoms with E-state index in [4.69, 9.17) is 15.0 Å². The van der Waals surface area contributed by atoms with Crippen molar-refractivity contribution in [1.82, 2.24) is 24.1 Å². The minimum atomic E-state index is -4.61. The van der Waals surface area contributed by atoms with Crippen LogP contribution in [0.4, 0.5) is 26.3 Å². The van der Waals surface area contributed by atoms with Crippen LogP contribution in [0.25, 0.3) is 111 Å². The second kappa shape index (κ2) is 20.9. The fourth-order valence-electron chi connectivity index (χ4n) is 11.8. The maximum Gasteiger partial charge on any atom is 0.416 e. The standard InChI is InChI=1S/C76H66F6N6/c1-71(2,3)52-33-48(34-53(39-52)72(4,5)6)68-84-69(49-35-54(73(7,8)9)40-55(36-49)74(10,11)12)86-70(85-68)61-38-47(26-30-67(61)88-63-20-16-14-18-57(63)60-42-51(76(80,81)82)28-32-66(60)88)58-37-46(45-23-21-44(43-83)22-24-45)25-29-64(58)87-62-19-15-13-17-56(62)59-41-50(75(77,78)79)27-31-65(59)87/h13-42H,1-12H3. The van der Waals surface area contributed by atoms with Crippen molar-refractivity contribution in [1.29, 1.82) is 5.26 Å². The smallest absolute Gasteiger partial charge is 0.309 e. The predicted octanol–water partition coefficient (Wildman–Crippen LogP) is 21.5. The van der Waals surface area contributed by atoms with E-state index in [2.05, 4.69) is 126 Å². The number of halogens is 6. The van der Waals surface area contributed by atoms with Gasteiger partial charge in [0.1, 0.15) is 0 Å². The number of para-hydroxylation sites is 2. The van der Waals surface area contributed by atoms with Crippen LogP contribution in [0.2, 0.25) is 0 Å². The molecule has 12 aromatic rings. The lowest BCUT2D eigenvalue weighted by Crippen LogP contribution is -2.17. The highest BCUT2D eigenvalue weighted by Crippen LogP contribution is 2.46. The molecule has 0 aliphatic carbocycles. The third-order valence-corrected chi connectivity index (χ3v) is 16.9. The van der Waals surface area contributed by atoms with Gasteiger partial charge in [0.05, 0.1) is 56.2 Å². The Hall–Kier alpha value is -9.34. The number of alkyl halides is 6. The van der Waals surface area contributed by atoms with Crippen LogP contribution in [0.5, 0.6) is 0 Å². The Labute approximate surface area is 508 Å². The lowest BCUT2D eigenvalue weighted by Gasteiger charge is -2.26. The van der Waals surface area contributed by atoms with Crippen LogP contribution in [0.1, 0.15) is 122 Å². The van der Waals surface area contributed by atoms with Crippen LogP contribution in [0, 0.1) is 11.3 Å². The van der Waals surface area contributed by atoms with Crippen LogP contribution in [-0.4, -0.2) is 24.1 Å². The summed E-state index contributed by atoms with van der Waals surface area (Å²) in [5.41, 5.74) is 10.8. The van der Waals surface area contributed by atoms with Gasteiger partial charge in [-0.05, 0) is 170 Å². The molecule has 0 aliphatic rings. The number of fused-ring (bicyclic) bond motifs is 6. The topological polar surface area (TPSA) is 72.3 Å². The third kappa shape index (κ3) is 10.9. The number of rotatable bonds is 7. The Morgan fingerprint density at radius 3 is 1.09 bits per heavy atom. The molecule has 6 nitrogen and oxygen atoms in total. The molecule has 88 heavy (non-hydrogen) atoms. The van der Waals surface area contributed by atoms with Crippen LogP contribution in [0.3, 0.4) is 0 Å². The molecule has 0 atom stereocenters. The molecule has 3 heterocycles. The maximum atomic E-state index is 14.7. The van der Waals surface area contributed by atoms with E-state index in [0.29, 0.717) is 88.9 Å². The van der Waals surface area contributed by atoms with Crippen LogP contribution >= 0.6 is 0 Å². The van der Waals surface area contributed by atoms with Crippen molar-refractivity contribution in [2.24, 2.45) is 0 Å². The second-order valence-corrected chi connectivity index (χ2v) is 27.2. The number of aromatic nitrogens is 5. The van der Waals surface area contributed by atoms with E-state index < -0.39 is 23.5 Å². The summed E-state index contributed by atoms with van der Waals surface area (Å²) in [6.45, 7) is 26.2. The highest BCUT2D eigenvalue weighted by molar-refractivity contribution is 6.11. The first kappa shape index (κ1) is 59.0. The molecule has 12 heteroatoms. The van der Waals surface area contributed by atoms with Crippen molar-refractivity contribution in [2.75, 3.05) is 0 Å². The number of nitrogens with zero attached hydrogens (tertiary/aromatic N) is 6. The van der Waals surface area contributed by atoms with E-state index in [1.165, 1.54) is 24.3 Å². The first-order valence-electron chi connectivity index (χ1n) is 29.4. The molecular weight excluding hydrogens is 1110 g/mol. The minimum Gasteiger partial charge on any atom is -0.309 e. The van der Waals surface area contributed by atoms with E-state index in [1.807, 2.05) is 106 Å². The molecule has 0 spiro atoms. The zero-order valence-electron chi connectivity index (χ0n) is 51.3. The van der Waals surface area contributed by atoms with Crippen molar-refractivity contribution >= 4 is 43.6 Å². The van der Waals surface area contributed by atoms with Crippen LogP contribution in [0.15, 0.2) is 182 Å². The Morgan fingerprint density at radius 1 is 0.318 bits per heavy atom. The fraction of sp³-hybridized carbons (Fsp3) is 0.237. The van der Waals surface area contributed by atoms with Crippen LogP contribution in [-0.2, 0) is 34.0 Å². The van der Waals surface area contributed by atoms with Gasteiger partial charge in [0.15, 0.2) is 17.5 Å². The van der Waals surface area contributed by atoms with E-state index >= 15 is 0 Å². The van der Waals surface area contributed by atoms with E-state index in [9.17, 15) is 31.6 Å². The third-order valence-electron chi connectivity index (χ3n) is 16.9. The average molecular weight is 1180 g/mol. The Balaban J connectivity index is 1.23. The van der Waals surface area contributed by atoms with E-state index in [1.54, 1.807) is 12.1 Å². The molecule has 0 aliphatic heterocycles. The van der Waals surface area contributed by atoms with Gasteiger partial charge in [0.2, 0.25) is 0 Å². The van der Waals surface area contributed by atoms with Gasteiger partial charge in [-0.2, -0.15) is 31.6 Å². The fourth-order valence-corrected chi connectivity index (χ4v) is 11.8. The summed E-state index contributed by atoms with van der Waals surface area (Å²) in [7, 11) is 0. The highest BCUT2D eigenvalue weighted by Gasteiger charge is 2.34. The SMILES string of the molecule is CC(C)(C)c1cc(-c2nc(-c3cc(C(C)(C)C)cc(C(C)(C)C)c3)nc(-c3cc(-c4cc(-c5ccc(C#N)cc5)ccc4-n4c5ccccc5c5cc(C(F)(F)F)ccc54)ccc3-n3c4ccccc4c4cc(C(F)(F)F)ccc43)n2)cc(C(C)(C)C)c1. The number of nitriles is 1. The Bertz CT molecular complexity index is 4650. The zero-order chi connectivity index (χ0) is 62.8. The lowest BCUT2D eigenvalue weighted by molar-refractivity contribution is -0.138. The maximum absolute atomic E-state index is 14.7. The zero-order valence-corrected chi connectivity index (χ0v) is 51.3. The summed E-state index contributed by atoms with van der Waals surface area (Å²) in [4.78, 5) is 16.6. The van der Waals surface area contributed by atoms with Gasteiger partial charge in [-0.25, -0.2) is 15.0 Å². The minimum absolute atomic E-state index is 0.275. The molecular formula is C76H66F6N6. The van der Waals surface area contributed by atoms with Crippen molar-refractivity contribution < 1.29 is 26.3 Å². The van der Waals surface area contributed by atoms with E-state index in [0.717, 1.165) is 56.6 Å². The molecule has 3 aromatic heterocycles. The van der Waals surface area contributed by atoms with Gasteiger partial charge in [0, 0.05) is 43.8 Å². The van der Waals surface area contributed by atoms with Crippen molar-refractivity contribution in [2.45, 2.75) is 117 Å².